The molecular formula is C13H28N4O. The fourth-order valence-electron chi connectivity index (χ4n) is 2.50. The predicted molar refractivity (Wildman–Crippen MR) is 74.4 cm³/mol. The van der Waals surface area contributed by atoms with E-state index in [4.69, 9.17) is 5.73 Å². The molecule has 0 aromatic heterocycles. The fraction of sp³-hybridized carbons (Fsp3) is 0.923. The van der Waals surface area contributed by atoms with Crippen LogP contribution in [0.1, 0.15) is 27.2 Å². The van der Waals surface area contributed by atoms with Crippen LogP contribution >= 0.6 is 0 Å². The van der Waals surface area contributed by atoms with Crippen molar-refractivity contribution in [2.24, 2.45) is 5.73 Å². The average Bonchev–Trinajstić information content (AvgIpc) is 2.35. The van der Waals surface area contributed by atoms with Gasteiger partial charge in [-0.15, -0.1) is 0 Å². The maximum atomic E-state index is 11.4. The van der Waals surface area contributed by atoms with Gasteiger partial charge >= 0.3 is 0 Å². The van der Waals surface area contributed by atoms with Gasteiger partial charge in [-0.05, 0) is 33.9 Å². The zero-order valence-corrected chi connectivity index (χ0v) is 12.2. The van der Waals surface area contributed by atoms with Crippen molar-refractivity contribution in [2.45, 2.75) is 38.8 Å². The molecule has 0 aromatic rings. The Hall–Kier alpha value is -0.650. The molecule has 0 saturated carbocycles. The van der Waals surface area contributed by atoms with E-state index in [0.717, 1.165) is 39.1 Å². The minimum Gasteiger partial charge on any atom is -0.368 e. The van der Waals surface area contributed by atoms with E-state index in [2.05, 4.69) is 29.0 Å². The van der Waals surface area contributed by atoms with E-state index in [9.17, 15) is 4.79 Å². The molecule has 3 N–H and O–H groups in total. The second kappa shape index (κ2) is 6.50. The molecule has 0 spiro atoms. The first-order valence-electron chi connectivity index (χ1n) is 6.88. The van der Waals surface area contributed by atoms with Crippen LogP contribution in [0.15, 0.2) is 0 Å². The molecule has 1 saturated heterocycles. The van der Waals surface area contributed by atoms with Crippen molar-refractivity contribution in [1.29, 1.82) is 0 Å². The SMILES string of the molecule is CCN1CCN(CCC(C)(NC)C(N)=O)CC1C. The molecule has 0 bridgehead atoms. The van der Waals surface area contributed by atoms with Crippen LogP contribution in [0.4, 0.5) is 0 Å². The third-order valence-corrected chi connectivity index (χ3v) is 4.28. The van der Waals surface area contributed by atoms with Crippen LogP contribution in [-0.4, -0.2) is 67.1 Å². The number of amides is 1. The van der Waals surface area contributed by atoms with Gasteiger partial charge in [-0.3, -0.25) is 9.69 Å². The topological polar surface area (TPSA) is 61.6 Å². The van der Waals surface area contributed by atoms with Gasteiger partial charge in [-0.2, -0.15) is 0 Å². The lowest BCUT2D eigenvalue weighted by Crippen LogP contribution is -2.56. The molecule has 2 atom stereocenters. The largest absolute Gasteiger partial charge is 0.368 e. The van der Waals surface area contributed by atoms with Crippen molar-refractivity contribution in [3.63, 3.8) is 0 Å². The van der Waals surface area contributed by atoms with Crippen LogP contribution in [0.3, 0.4) is 0 Å². The normalized spacial score (nSPS) is 25.9. The summed E-state index contributed by atoms with van der Waals surface area (Å²) in [7, 11) is 1.79. The van der Waals surface area contributed by atoms with Crippen LogP contribution < -0.4 is 11.1 Å². The van der Waals surface area contributed by atoms with Gasteiger partial charge in [0.15, 0.2) is 0 Å². The van der Waals surface area contributed by atoms with Gasteiger partial charge in [0.25, 0.3) is 0 Å². The van der Waals surface area contributed by atoms with E-state index < -0.39 is 5.54 Å². The summed E-state index contributed by atoms with van der Waals surface area (Å²) >= 11 is 0. The Bertz CT molecular complexity index is 284. The van der Waals surface area contributed by atoms with Gasteiger partial charge in [0.1, 0.15) is 0 Å². The van der Waals surface area contributed by atoms with E-state index in [1.807, 2.05) is 6.92 Å². The lowest BCUT2D eigenvalue weighted by Gasteiger charge is -2.40. The van der Waals surface area contributed by atoms with Crippen molar-refractivity contribution in [1.82, 2.24) is 15.1 Å². The summed E-state index contributed by atoms with van der Waals surface area (Å²) in [5, 5.41) is 3.04. The van der Waals surface area contributed by atoms with Gasteiger partial charge in [-0.1, -0.05) is 6.92 Å². The molecule has 5 heteroatoms. The summed E-state index contributed by atoms with van der Waals surface area (Å²) in [6.07, 6.45) is 0.762. The number of nitrogens with zero attached hydrogens (tertiary/aromatic N) is 2. The Morgan fingerprint density at radius 1 is 1.50 bits per heavy atom. The standard InChI is InChI=1S/C13H28N4O/c1-5-17-9-8-16(10-11(17)2)7-6-13(3,15-4)12(14)18/h11,15H,5-10H2,1-4H3,(H2,14,18). The smallest absolute Gasteiger partial charge is 0.237 e. The molecule has 2 unspecified atom stereocenters. The third-order valence-electron chi connectivity index (χ3n) is 4.28. The Labute approximate surface area is 111 Å². The highest BCUT2D eigenvalue weighted by atomic mass is 16.1. The molecule has 1 rings (SSSR count). The summed E-state index contributed by atoms with van der Waals surface area (Å²) in [6, 6.07) is 0.596. The van der Waals surface area contributed by atoms with Crippen molar-refractivity contribution < 1.29 is 4.79 Å². The highest BCUT2D eigenvalue weighted by molar-refractivity contribution is 5.84. The summed E-state index contributed by atoms with van der Waals surface area (Å²) < 4.78 is 0. The van der Waals surface area contributed by atoms with Crippen molar-refractivity contribution in [3.8, 4) is 0 Å². The van der Waals surface area contributed by atoms with Crippen molar-refractivity contribution in [3.05, 3.63) is 0 Å². The number of hydrogen-bond donors (Lipinski definition) is 2. The Balaban J connectivity index is 2.43. The zero-order chi connectivity index (χ0) is 13.8. The predicted octanol–water partition coefficient (Wildman–Crippen LogP) is -0.134. The Morgan fingerprint density at radius 3 is 2.61 bits per heavy atom. The van der Waals surface area contributed by atoms with Crippen molar-refractivity contribution in [2.75, 3.05) is 39.8 Å². The van der Waals surface area contributed by atoms with Crippen LogP contribution in [0, 0.1) is 0 Å². The number of likely N-dealkylation sites (N-methyl/N-ethyl adjacent to an activating group) is 2. The lowest BCUT2D eigenvalue weighted by molar-refractivity contribution is -0.124. The third kappa shape index (κ3) is 3.67. The summed E-state index contributed by atoms with van der Waals surface area (Å²) in [5.41, 5.74) is 4.85. The molecule has 18 heavy (non-hydrogen) atoms. The van der Waals surface area contributed by atoms with E-state index in [-0.39, 0.29) is 5.91 Å². The van der Waals surface area contributed by atoms with Gasteiger partial charge in [0.2, 0.25) is 5.91 Å². The van der Waals surface area contributed by atoms with Crippen LogP contribution in [-0.2, 0) is 4.79 Å². The molecule has 1 fully saturated rings. The first-order valence-corrected chi connectivity index (χ1v) is 6.88. The van der Waals surface area contributed by atoms with Gasteiger partial charge in [-0.25, -0.2) is 0 Å². The number of carbonyl (C=O) groups is 1. The van der Waals surface area contributed by atoms with Gasteiger partial charge in [0.05, 0.1) is 5.54 Å². The average molecular weight is 256 g/mol. The van der Waals surface area contributed by atoms with Gasteiger partial charge < -0.3 is 16.0 Å². The molecular weight excluding hydrogens is 228 g/mol. The molecule has 1 aliphatic heterocycles. The maximum Gasteiger partial charge on any atom is 0.237 e. The maximum absolute atomic E-state index is 11.4. The highest BCUT2D eigenvalue weighted by Gasteiger charge is 2.30. The number of rotatable bonds is 6. The Kier molecular flexibility index (Phi) is 5.56. The number of hydrogen-bond acceptors (Lipinski definition) is 4. The summed E-state index contributed by atoms with van der Waals surface area (Å²) in [4.78, 5) is 16.3. The summed E-state index contributed by atoms with van der Waals surface area (Å²) in [6.45, 7) is 11.7. The zero-order valence-electron chi connectivity index (χ0n) is 12.2. The van der Waals surface area contributed by atoms with Crippen LogP contribution in [0.5, 0.6) is 0 Å². The number of nitrogens with one attached hydrogen (secondary N) is 1. The van der Waals surface area contributed by atoms with E-state index in [1.165, 1.54) is 0 Å². The first kappa shape index (κ1) is 15.4. The minimum atomic E-state index is -0.592. The number of nitrogens with two attached hydrogens (primary N) is 1. The van der Waals surface area contributed by atoms with E-state index in [0.29, 0.717) is 6.04 Å². The Morgan fingerprint density at radius 2 is 2.17 bits per heavy atom. The fourth-order valence-corrected chi connectivity index (χ4v) is 2.50. The van der Waals surface area contributed by atoms with E-state index in [1.54, 1.807) is 7.05 Å². The molecule has 0 aliphatic carbocycles. The second-order valence-electron chi connectivity index (χ2n) is 5.47. The highest BCUT2D eigenvalue weighted by Crippen LogP contribution is 2.13. The molecule has 1 amide bonds. The monoisotopic (exact) mass is 256 g/mol. The molecule has 0 radical (unpaired) electrons. The molecule has 106 valence electrons. The van der Waals surface area contributed by atoms with E-state index >= 15 is 0 Å². The quantitative estimate of drug-likeness (QED) is 0.695. The molecule has 1 aliphatic rings. The molecule has 5 nitrogen and oxygen atoms in total. The number of piperazine rings is 1. The second-order valence-corrected chi connectivity index (χ2v) is 5.47. The van der Waals surface area contributed by atoms with Crippen molar-refractivity contribution >= 4 is 5.91 Å². The lowest BCUT2D eigenvalue weighted by atomic mass is 9.96. The number of primary amides is 1. The summed E-state index contributed by atoms with van der Waals surface area (Å²) in [5.74, 6) is -0.273. The van der Waals surface area contributed by atoms with Crippen LogP contribution in [0.25, 0.3) is 0 Å². The first-order chi connectivity index (χ1) is 8.42. The molecule has 0 aromatic carbocycles. The molecule has 1 heterocycles. The number of carbonyl (C=O) groups excluding carboxylic acids is 1. The van der Waals surface area contributed by atoms with Gasteiger partial charge in [0, 0.05) is 32.2 Å². The van der Waals surface area contributed by atoms with Crippen LogP contribution in [0.2, 0.25) is 0 Å². The minimum absolute atomic E-state index is 0.273.